The molecule has 0 unspecified atom stereocenters. The van der Waals surface area contributed by atoms with E-state index >= 15 is 0 Å². The van der Waals surface area contributed by atoms with E-state index in [9.17, 15) is 4.79 Å². The molecule has 0 saturated carbocycles. The van der Waals surface area contributed by atoms with E-state index in [0.29, 0.717) is 0 Å². The molecule has 29 heavy (non-hydrogen) atoms. The number of hydrogen-bond donors (Lipinski definition) is 1. The lowest BCUT2D eigenvalue weighted by Crippen LogP contribution is -2.41. The predicted molar refractivity (Wildman–Crippen MR) is 119 cm³/mol. The minimum absolute atomic E-state index is 0.0880. The highest BCUT2D eigenvalue weighted by Crippen LogP contribution is 2.58. The van der Waals surface area contributed by atoms with E-state index < -0.39 is 5.41 Å². The van der Waals surface area contributed by atoms with Crippen LogP contribution in [0.1, 0.15) is 38.2 Å². The van der Waals surface area contributed by atoms with Gasteiger partial charge in [0, 0.05) is 11.1 Å². The van der Waals surface area contributed by atoms with Gasteiger partial charge in [0.1, 0.15) is 0 Å². The van der Waals surface area contributed by atoms with Gasteiger partial charge in [-0.25, -0.2) is 0 Å². The zero-order valence-electron chi connectivity index (χ0n) is 15.5. The number of rotatable bonds is 0. The third-order valence-electron chi connectivity index (χ3n) is 6.22. The van der Waals surface area contributed by atoms with Gasteiger partial charge in [0.2, 0.25) is 0 Å². The van der Waals surface area contributed by atoms with Gasteiger partial charge < -0.3 is 0 Å². The van der Waals surface area contributed by atoms with Gasteiger partial charge in [0.25, 0.3) is 0 Å². The van der Waals surface area contributed by atoms with Gasteiger partial charge in [-0.05, 0) is 34.4 Å². The molecule has 0 aromatic heterocycles. The van der Waals surface area contributed by atoms with Gasteiger partial charge in [-0.15, -0.1) is 0 Å². The van der Waals surface area contributed by atoms with Gasteiger partial charge in [-0.2, -0.15) is 0 Å². The number of anilines is 2. The fourth-order valence-electron chi connectivity index (χ4n) is 5.11. The zero-order valence-corrected chi connectivity index (χ0v) is 16.4. The topological polar surface area (TPSA) is 20.3 Å². The molecule has 4 aromatic carbocycles. The van der Waals surface area contributed by atoms with Crippen LogP contribution in [-0.4, -0.2) is 5.78 Å². The van der Waals surface area contributed by atoms with Crippen molar-refractivity contribution in [2.45, 2.75) is 5.41 Å². The fraction of sp³-hybridized carbons (Fsp3) is 0.0385. The third kappa shape index (κ3) is 1.95. The number of carbonyl (C=O) groups is 1. The molecule has 4 aromatic rings. The molecule has 1 aliphatic carbocycles. The van der Waals surface area contributed by atoms with E-state index in [1.165, 1.54) is 0 Å². The van der Waals surface area contributed by atoms with Crippen LogP contribution in [0.2, 0.25) is 0 Å². The summed E-state index contributed by atoms with van der Waals surface area (Å²) >= 11 is 4.85. The summed E-state index contributed by atoms with van der Waals surface area (Å²) in [7, 11) is 0. The highest BCUT2D eigenvalue weighted by Gasteiger charge is 2.50. The molecule has 0 N–H and O–H groups in total. The van der Waals surface area contributed by atoms with Crippen molar-refractivity contribution in [1.29, 1.82) is 0 Å². The lowest BCUT2D eigenvalue weighted by molar-refractivity contribution is 0.103. The minimum Gasteiger partial charge on any atom is -0.289 e. The molecule has 1 heterocycles. The number of benzene rings is 4. The SMILES string of the molecule is O=C1c2ccccc2C2(c3ccccc31)c1ccccc1N(S)c1ccccc12. The van der Waals surface area contributed by atoms with E-state index in [2.05, 4.69) is 48.5 Å². The number of fused-ring (bicyclic) bond motifs is 8. The summed E-state index contributed by atoms with van der Waals surface area (Å²) in [6, 6.07) is 32.8. The summed E-state index contributed by atoms with van der Waals surface area (Å²) in [5, 5.41) is 0. The summed E-state index contributed by atoms with van der Waals surface area (Å²) in [5.74, 6) is 0.0880. The first kappa shape index (κ1) is 16.6. The standard InChI is InChI=1S/C26H17NOS/c28-25-17-9-1-3-11-19(17)26(20-12-4-2-10-18(20)25)21-13-5-7-15-23(21)27(29)24-16-8-6-14-22(24)26/h1-16,29H. The minimum atomic E-state index is -0.562. The summed E-state index contributed by atoms with van der Waals surface area (Å²) < 4.78 is 1.96. The largest absolute Gasteiger partial charge is 0.289 e. The average molecular weight is 391 g/mol. The maximum absolute atomic E-state index is 13.4. The highest BCUT2D eigenvalue weighted by molar-refractivity contribution is 7.82. The predicted octanol–water partition coefficient (Wildman–Crippen LogP) is 5.91. The van der Waals surface area contributed by atoms with E-state index in [0.717, 1.165) is 44.8 Å². The van der Waals surface area contributed by atoms with Crippen molar-refractivity contribution >= 4 is 30.0 Å². The Balaban J connectivity index is 1.89. The van der Waals surface area contributed by atoms with Crippen LogP contribution in [0.3, 0.4) is 0 Å². The maximum Gasteiger partial charge on any atom is 0.193 e. The van der Waals surface area contributed by atoms with Gasteiger partial charge in [0.15, 0.2) is 5.78 Å². The Bertz CT molecular complexity index is 1210. The van der Waals surface area contributed by atoms with Crippen molar-refractivity contribution in [1.82, 2.24) is 0 Å². The molecule has 0 fully saturated rings. The first-order valence-corrected chi connectivity index (χ1v) is 10.1. The molecule has 0 bridgehead atoms. The molecule has 0 atom stereocenters. The Kier molecular flexibility index (Phi) is 3.36. The molecule has 0 radical (unpaired) electrons. The molecule has 0 amide bonds. The van der Waals surface area contributed by atoms with Gasteiger partial charge in [0.05, 0.1) is 16.8 Å². The second-order valence-electron chi connectivity index (χ2n) is 7.52. The number of nitrogens with zero attached hydrogens (tertiary/aromatic N) is 1. The fourth-order valence-corrected chi connectivity index (χ4v) is 5.46. The quantitative estimate of drug-likeness (QED) is 0.331. The van der Waals surface area contributed by atoms with E-state index in [1.807, 2.05) is 52.8 Å². The molecular weight excluding hydrogens is 374 g/mol. The van der Waals surface area contributed by atoms with Crippen LogP contribution in [-0.2, 0) is 5.41 Å². The van der Waals surface area contributed by atoms with Crippen molar-refractivity contribution in [3.8, 4) is 0 Å². The van der Waals surface area contributed by atoms with Crippen LogP contribution in [0.4, 0.5) is 11.4 Å². The summed E-state index contributed by atoms with van der Waals surface area (Å²) in [4.78, 5) is 13.4. The van der Waals surface area contributed by atoms with E-state index in [4.69, 9.17) is 12.8 Å². The van der Waals surface area contributed by atoms with Crippen molar-refractivity contribution in [2.24, 2.45) is 0 Å². The molecular formula is C26H17NOS. The molecule has 1 spiro atoms. The monoisotopic (exact) mass is 391 g/mol. The molecule has 1 aliphatic heterocycles. The Morgan fingerprint density at radius 1 is 0.552 bits per heavy atom. The van der Waals surface area contributed by atoms with Crippen LogP contribution < -0.4 is 4.31 Å². The van der Waals surface area contributed by atoms with Crippen molar-refractivity contribution in [3.05, 3.63) is 130 Å². The Hall–Kier alpha value is -3.30. The van der Waals surface area contributed by atoms with Crippen LogP contribution in [0, 0.1) is 0 Å². The first-order valence-electron chi connectivity index (χ1n) is 9.66. The maximum atomic E-state index is 13.4. The van der Waals surface area contributed by atoms with Crippen LogP contribution in [0.15, 0.2) is 97.1 Å². The van der Waals surface area contributed by atoms with Crippen molar-refractivity contribution in [3.63, 3.8) is 0 Å². The van der Waals surface area contributed by atoms with Crippen molar-refractivity contribution in [2.75, 3.05) is 4.31 Å². The molecule has 2 aliphatic rings. The summed E-state index contributed by atoms with van der Waals surface area (Å²) in [6.07, 6.45) is 0. The second kappa shape index (κ2) is 5.85. The lowest BCUT2D eigenvalue weighted by Gasteiger charge is -2.47. The molecule has 2 nitrogen and oxygen atoms in total. The molecule has 6 rings (SSSR count). The Morgan fingerprint density at radius 3 is 1.41 bits per heavy atom. The number of ketones is 1. The normalized spacial score (nSPS) is 15.3. The Labute approximate surface area is 175 Å². The van der Waals surface area contributed by atoms with Gasteiger partial charge >= 0.3 is 0 Å². The highest BCUT2D eigenvalue weighted by atomic mass is 32.1. The summed E-state index contributed by atoms with van der Waals surface area (Å²) in [5.41, 5.74) is 7.39. The van der Waals surface area contributed by atoms with E-state index in [-0.39, 0.29) is 5.78 Å². The number of hydrogen-bond acceptors (Lipinski definition) is 3. The summed E-state index contributed by atoms with van der Waals surface area (Å²) in [6.45, 7) is 0. The van der Waals surface area contributed by atoms with Crippen LogP contribution in [0.25, 0.3) is 0 Å². The van der Waals surface area contributed by atoms with E-state index in [1.54, 1.807) is 0 Å². The van der Waals surface area contributed by atoms with Crippen molar-refractivity contribution < 1.29 is 4.79 Å². The van der Waals surface area contributed by atoms with Crippen LogP contribution >= 0.6 is 12.8 Å². The third-order valence-corrected chi connectivity index (χ3v) is 6.65. The molecule has 138 valence electrons. The first-order chi connectivity index (χ1) is 14.2. The molecule has 3 heteroatoms. The van der Waals surface area contributed by atoms with Gasteiger partial charge in [-0.1, -0.05) is 97.7 Å². The number of thiol groups is 1. The lowest BCUT2D eigenvalue weighted by atomic mass is 9.58. The van der Waals surface area contributed by atoms with Gasteiger partial charge in [-0.3, -0.25) is 9.10 Å². The Morgan fingerprint density at radius 2 is 0.931 bits per heavy atom. The van der Waals surface area contributed by atoms with Crippen LogP contribution in [0.5, 0.6) is 0 Å². The number of carbonyl (C=O) groups excluding carboxylic acids is 1. The number of para-hydroxylation sites is 2. The zero-order chi connectivity index (χ0) is 19.6. The smallest absolute Gasteiger partial charge is 0.193 e. The average Bonchev–Trinajstić information content (AvgIpc) is 2.79. The second-order valence-corrected chi connectivity index (χ2v) is 7.92. The molecule has 0 saturated heterocycles.